The van der Waals surface area contributed by atoms with E-state index in [0.717, 1.165) is 0 Å². The fourth-order valence-corrected chi connectivity index (χ4v) is 3.23. The van der Waals surface area contributed by atoms with E-state index in [-0.39, 0.29) is 29.7 Å². The first kappa shape index (κ1) is 29.1. The van der Waals surface area contributed by atoms with Crippen LogP contribution in [0.1, 0.15) is 27.2 Å². The van der Waals surface area contributed by atoms with Crippen LogP contribution in [0.2, 0.25) is 0 Å². The van der Waals surface area contributed by atoms with Gasteiger partial charge < -0.3 is 38.3 Å². The molecule has 0 aliphatic carbocycles. The van der Waals surface area contributed by atoms with Crippen molar-refractivity contribution in [3.8, 4) is 0 Å². The van der Waals surface area contributed by atoms with E-state index < -0.39 is 67.0 Å². The summed E-state index contributed by atoms with van der Waals surface area (Å²) in [5.41, 5.74) is -1.36. The molecule has 2 aliphatic rings. The minimum atomic E-state index is -1.67. The van der Waals surface area contributed by atoms with Crippen LogP contribution in [-0.4, -0.2) is 78.7 Å². The van der Waals surface area contributed by atoms with Crippen molar-refractivity contribution in [3.63, 3.8) is 0 Å². The summed E-state index contributed by atoms with van der Waals surface area (Å²) in [5, 5.41) is 9.12. The molecule has 0 aromatic rings. The van der Waals surface area contributed by atoms with Crippen molar-refractivity contribution in [1.29, 1.82) is 0 Å². The molecule has 5 unspecified atom stereocenters. The average molecular weight is 524 g/mol. The molecule has 1 saturated heterocycles. The van der Waals surface area contributed by atoms with Crippen LogP contribution in [0.3, 0.4) is 0 Å². The SMILES string of the molecule is C=C(C)C(=O)OCCC(OC(=O)OC1C(OC(=O)O)C2C=CC1(COC(=O)C(=C)C)O2)OC(=O)C(=C)C. The van der Waals surface area contributed by atoms with Crippen LogP contribution in [0.5, 0.6) is 0 Å². The van der Waals surface area contributed by atoms with E-state index >= 15 is 0 Å². The molecule has 37 heavy (non-hydrogen) atoms. The normalized spacial score (nSPS) is 23.8. The van der Waals surface area contributed by atoms with E-state index in [9.17, 15) is 24.0 Å². The van der Waals surface area contributed by atoms with E-state index in [4.69, 9.17) is 38.3 Å². The number of hydrogen-bond acceptors (Lipinski definition) is 12. The van der Waals surface area contributed by atoms with Crippen molar-refractivity contribution in [2.24, 2.45) is 0 Å². The van der Waals surface area contributed by atoms with Crippen molar-refractivity contribution in [1.82, 2.24) is 0 Å². The van der Waals surface area contributed by atoms with Gasteiger partial charge in [-0.3, -0.25) is 0 Å². The Morgan fingerprint density at radius 3 is 2.08 bits per heavy atom. The highest BCUT2D eigenvalue weighted by Crippen LogP contribution is 2.42. The second-order valence-electron chi connectivity index (χ2n) is 8.33. The Morgan fingerprint density at radius 1 is 0.919 bits per heavy atom. The number of carbonyl (C=O) groups is 5. The van der Waals surface area contributed by atoms with Gasteiger partial charge in [-0.25, -0.2) is 24.0 Å². The number of hydrogen-bond donors (Lipinski definition) is 1. The molecule has 0 amide bonds. The molecule has 0 aromatic carbocycles. The summed E-state index contributed by atoms with van der Waals surface area (Å²) in [6.45, 7) is 13.8. The molecule has 13 heteroatoms. The summed E-state index contributed by atoms with van der Waals surface area (Å²) in [4.78, 5) is 59.4. The van der Waals surface area contributed by atoms with Crippen molar-refractivity contribution in [2.45, 2.75) is 57.4 Å². The third kappa shape index (κ3) is 7.67. The van der Waals surface area contributed by atoms with Crippen LogP contribution in [0.25, 0.3) is 0 Å². The van der Waals surface area contributed by atoms with E-state index in [1.165, 1.54) is 32.9 Å². The molecule has 2 bridgehead atoms. The van der Waals surface area contributed by atoms with Gasteiger partial charge in [0.2, 0.25) is 0 Å². The fraction of sp³-hybridized carbons (Fsp3) is 0.458. The van der Waals surface area contributed by atoms with Crippen LogP contribution in [0.4, 0.5) is 9.59 Å². The van der Waals surface area contributed by atoms with Gasteiger partial charge in [-0.15, -0.1) is 0 Å². The number of ether oxygens (including phenoxy) is 7. The molecule has 0 aromatic heterocycles. The first-order chi connectivity index (χ1) is 17.3. The fourth-order valence-electron chi connectivity index (χ4n) is 3.23. The predicted molar refractivity (Wildman–Crippen MR) is 122 cm³/mol. The minimum absolute atomic E-state index is 0.000686. The monoisotopic (exact) mass is 524 g/mol. The third-order valence-electron chi connectivity index (χ3n) is 5.01. The molecule has 0 radical (unpaired) electrons. The first-order valence-corrected chi connectivity index (χ1v) is 10.9. The molecule has 1 fully saturated rings. The molecule has 202 valence electrons. The Morgan fingerprint density at radius 2 is 1.51 bits per heavy atom. The van der Waals surface area contributed by atoms with Crippen molar-refractivity contribution < 1.29 is 62.2 Å². The predicted octanol–water partition coefficient (Wildman–Crippen LogP) is 2.35. The largest absolute Gasteiger partial charge is 0.511 e. The Kier molecular flexibility index (Phi) is 9.61. The van der Waals surface area contributed by atoms with Gasteiger partial charge in [0.1, 0.15) is 12.7 Å². The first-order valence-electron chi connectivity index (χ1n) is 10.9. The minimum Gasteiger partial charge on any atom is -0.462 e. The second kappa shape index (κ2) is 12.2. The molecule has 0 saturated carbocycles. The summed E-state index contributed by atoms with van der Waals surface area (Å²) in [7, 11) is 0. The van der Waals surface area contributed by atoms with Crippen LogP contribution in [-0.2, 0) is 47.5 Å². The van der Waals surface area contributed by atoms with Crippen LogP contribution in [0.15, 0.2) is 48.6 Å². The van der Waals surface area contributed by atoms with Gasteiger partial charge in [-0.2, -0.15) is 0 Å². The van der Waals surface area contributed by atoms with Gasteiger partial charge >= 0.3 is 30.2 Å². The average Bonchev–Trinajstić information content (AvgIpc) is 3.34. The van der Waals surface area contributed by atoms with Gasteiger partial charge in [0.25, 0.3) is 6.29 Å². The lowest BCUT2D eigenvalue weighted by Crippen LogP contribution is -2.51. The van der Waals surface area contributed by atoms with Gasteiger partial charge in [-0.1, -0.05) is 25.8 Å². The summed E-state index contributed by atoms with van der Waals surface area (Å²) in [6, 6.07) is 0. The van der Waals surface area contributed by atoms with E-state index in [1.54, 1.807) is 0 Å². The van der Waals surface area contributed by atoms with Gasteiger partial charge in [-0.05, 0) is 26.8 Å². The summed E-state index contributed by atoms with van der Waals surface area (Å²) < 4.78 is 36.1. The molecule has 5 atom stereocenters. The van der Waals surface area contributed by atoms with Crippen LogP contribution < -0.4 is 0 Å². The quantitative estimate of drug-likeness (QED) is 0.130. The lowest BCUT2D eigenvalue weighted by Gasteiger charge is -2.31. The zero-order chi connectivity index (χ0) is 27.9. The topological polar surface area (TPSA) is 170 Å². The lowest BCUT2D eigenvalue weighted by atomic mass is 9.90. The van der Waals surface area contributed by atoms with E-state index in [0.29, 0.717) is 0 Å². The number of carbonyl (C=O) groups excluding carboxylic acids is 4. The molecule has 2 aliphatic heterocycles. The molecule has 2 rings (SSSR count). The smallest absolute Gasteiger partial charge is 0.462 e. The molecular weight excluding hydrogens is 496 g/mol. The zero-order valence-corrected chi connectivity index (χ0v) is 20.6. The standard InChI is InChI=1S/C24H28O13/c1-12(2)19(25)31-10-8-16(33-21(27)14(5)6)34-23(30)36-18-17(35-22(28)29)15-7-9-24(18,37-15)11-32-20(26)13(3)4/h7,9,15-18H,1,3,5,8,10-11H2,2,4,6H3,(H,28,29). The zero-order valence-electron chi connectivity index (χ0n) is 20.6. The molecule has 0 spiro atoms. The maximum Gasteiger partial charge on any atom is 0.511 e. The number of fused-ring (bicyclic) bond motifs is 2. The number of rotatable bonds is 12. The summed E-state index contributed by atoms with van der Waals surface area (Å²) in [5.74, 6) is -2.36. The van der Waals surface area contributed by atoms with Gasteiger partial charge in [0.05, 0.1) is 13.0 Å². The van der Waals surface area contributed by atoms with Crippen molar-refractivity contribution in [2.75, 3.05) is 13.2 Å². The Bertz CT molecular complexity index is 1030. The number of esters is 3. The van der Waals surface area contributed by atoms with Crippen molar-refractivity contribution in [3.05, 3.63) is 48.6 Å². The highest BCUT2D eigenvalue weighted by Gasteiger charge is 2.62. The molecule has 1 N–H and O–H groups in total. The second-order valence-corrected chi connectivity index (χ2v) is 8.33. The van der Waals surface area contributed by atoms with Crippen LogP contribution in [0, 0.1) is 0 Å². The number of carboxylic acid groups (broad SMARTS) is 1. The maximum atomic E-state index is 12.7. The third-order valence-corrected chi connectivity index (χ3v) is 5.01. The highest BCUT2D eigenvalue weighted by atomic mass is 16.8. The molecular formula is C24H28O13. The van der Waals surface area contributed by atoms with E-state index in [1.807, 2.05) is 0 Å². The van der Waals surface area contributed by atoms with E-state index in [2.05, 4.69) is 19.7 Å². The maximum absolute atomic E-state index is 12.7. The Balaban J connectivity index is 2.16. The Labute approximate surface area is 212 Å². The molecule has 13 nitrogen and oxygen atoms in total. The summed E-state index contributed by atoms with van der Waals surface area (Å²) >= 11 is 0. The summed E-state index contributed by atoms with van der Waals surface area (Å²) in [6.07, 6.45) is -5.71. The Hall–Kier alpha value is -4.13. The lowest BCUT2D eigenvalue weighted by molar-refractivity contribution is -0.174. The highest BCUT2D eigenvalue weighted by molar-refractivity contribution is 5.88. The molecule has 2 heterocycles. The van der Waals surface area contributed by atoms with Crippen molar-refractivity contribution >= 4 is 30.2 Å². The van der Waals surface area contributed by atoms with Gasteiger partial charge in [0, 0.05) is 16.7 Å². The van der Waals surface area contributed by atoms with Gasteiger partial charge in [0.15, 0.2) is 17.8 Å². The van der Waals surface area contributed by atoms with Crippen LogP contribution >= 0.6 is 0 Å².